The molecular weight excluding hydrogens is 376 g/mol. The van der Waals surface area contributed by atoms with Crippen molar-refractivity contribution in [1.29, 1.82) is 0 Å². The molecule has 0 aliphatic carbocycles. The topological polar surface area (TPSA) is 55.4 Å². The molecule has 1 fully saturated rings. The van der Waals surface area contributed by atoms with E-state index in [-0.39, 0.29) is 5.91 Å². The van der Waals surface area contributed by atoms with Gasteiger partial charge in [0.05, 0.1) is 29.6 Å². The smallest absolute Gasteiger partial charge is 0.245 e. The van der Waals surface area contributed by atoms with Crippen molar-refractivity contribution in [1.82, 2.24) is 23.8 Å². The summed E-state index contributed by atoms with van der Waals surface area (Å²) in [4.78, 5) is 23.3. The van der Waals surface area contributed by atoms with Crippen molar-refractivity contribution in [2.45, 2.75) is 12.5 Å². The molecule has 1 amide bonds. The van der Waals surface area contributed by atoms with Crippen LogP contribution in [-0.2, 0) is 4.79 Å². The van der Waals surface area contributed by atoms with Crippen molar-refractivity contribution in [3.63, 3.8) is 0 Å². The number of likely N-dealkylation sites (N-methyl/N-ethyl adjacent to an activating group) is 1. The summed E-state index contributed by atoms with van der Waals surface area (Å²) >= 11 is 0. The van der Waals surface area contributed by atoms with Crippen LogP contribution in [0.25, 0.3) is 28.3 Å². The number of carbonyl (C=O) groups excluding carboxylic acids is 1. The van der Waals surface area contributed by atoms with Gasteiger partial charge >= 0.3 is 0 Å². The molecule has 3 aromatic heterocycles. The van der Waals surface area contributed by atoms with Gasteiger partial charge in [-0.1, -0.05) is 6.07 Å². The Morgan fingerprint density at radius 2 is 1.97 bits per heavy atom. The molecule has 1 aromatic carbocycles. The van der Waals surface area contributed by atoms with Gasteiger partial charge in [0.1, 0.15) is 11.7 Å². The largest absolute Gasteiger partial charge is 0.344 e. The van der Waals surface area contributed by atoms with Crippen molar-refractivity contribution < 1.29 is 13.6 Å². The van der Waals surface area contributed by atoms with E-state index in [1.807, 2.05) is 33.4 Å². The zero-order valence-corrected chi connectivity index (χ0v) is 15.6. The van der Waals surface area contributed by atoms with Crippen LogP contribution in [-0.4, -0.2) is 43.3 Å². The molecule has 4 heterocycles. The number of nitrogens with zero attached hydrogens (tertiary/aromatic N) is 5. The molecule has 1 atom stereocenters. The number of benzene rings is 1. The summed E-state index contributed by atoms with van der Waals surface area (Å²) in [6.07, 6.45) is 5.81. The fraction of sp³-hybridized carbons (Fsp3) is 0.190. The standard InChI is InChI=1S/C21H17F2N5O/c1-26-9-7-16(21(26)29)28-12-25-19(13-5-6-14(22)15(23)10-13)20(28)17-11-24-18-4-2-3-8-27(17)18/h2-6,8,10-12,16H,7,9H2,1H3. The maximum atomic E-state index is 13.9. The lowest BCUT2D eigenvalue weighted by atomic mass is 10.1. The molecule has 0 bridgehead atoms. The molecule has 0 radical (unpaired) electrons. The minimum Gasteiger partial charge on any atom is -0.344 e. The monoisotopic (exact) mass is 393 g/mol. The first-order valence-electron chi connectivity index (χ1n) is 9.24. The number of carbonyl (C=O) groups is 1. The Balaban J connectivity index is 1.76. The maximum absolute atomic E-state index is 13.9. The van der Waals surface area contributed by atoms with E-state index >= 15 is 0 Å². The molecule has 1 aliphatic heterocycles. The van der Waals surface area contributed by atoms with Gasteiger partial charge in [-0.25, -0.2) is 18.7 Å². The van der Waals surface area contributed by atoms with Crippen LogP contribution < -0.4 is 0 Å². The van der Waals surface area contributed by atoms with E-state index in [1.165, 1.54) is 6.07 Å². The van der Waals surface area contributed by atoms with Gasteiger partial charge in [-0.05, 0) is 36.8 Å². The predicted molar refractivity (Wildman–Crippen MR) is 103 cm³/mol. The Hall–Kier alpha value is -3.55. The van der Waals surface area contributed by atoms with Crippen LogP contribution in [0, 0.1) is 11.6 Å². The highest BCUT2D eigenvalue weighted by atomic mass is 19.2. The Morgan fingerprint density at radius 3 is 2.72 bits per heavy atom. The van der Waals surface area contributed by atoms with Gasteiger partial charge in [0.15, 0.2) is 11.6 Å². The summed E-state index contributed by atoms with van der Waals surface area (Å²) in [5.74, 6) is -1.87. The van der Waals surface area contributed by atoms with Crippen LogP contribution >= 0.6 is 0 Å². The van der Waals surface area contributed by atoms with Crippen LogP contribution in [0.1, 0.15) is 12.5 Å². The number of imidazole rings is 2. The van der Waals surface area contributed by atoms with Crippen LogP contribution in [0.15, 0.2) is 55.1 Å². The third kappa shape index (κ3) is 2.71. The molecule has 0 N–H and O–H groups in total. The van der Waals surface area contributed by atoms with E-state index < -0.39 is 17.7 Å². The fourth-order valence-electron chi connectivity index (χ4n) is 3.88. The first kappa shape index (κ1) is 17.5. The molecule has 1 saturated heterocycles. The molecule has 6 nitrogen and oxygen atoms in total. The van der Waals surface area contributed by atoms with Crippen LogP contribution in [0.5, 0.6) is 0 Å². The maximum Gasteiger partial charge on any atom is 0.245 e. The van der Waals surface area contributed by atoms with Crippen LogP contribution in [0.2, 0.25) is 0 Å². The second-order valence-corrected chi connectivity index (χ2v) is 7.11. The number of rotatable bonds is 3. The molecule has 29 heavy (non-hydrogen) atoms. The molecule has 5 rings (SSSR count). The van der Waals surface area contributed by atoms with Gasteiger partial charge in [0, 0.05) is 25.4 Å². The van der Waals surface area contributed by atoms with Gasteiger partial charge in [0.2, 0.25) is 5.91 Å². The van der Waals surface area contributed by atoms with Gasteiger partial charge in [-0.2, -0.15) is 0 Å². The minimum absolute atomic E-state index is 0.00527. The second kappa shape index (κ2) is 6.51. The van der Waals surface area contributed by atoms with Gasteiger partial charge in [-0.3, -0.25) is 9.20 Å². The Labute approximate surface area is 165 Å². The number of amides is 1. The highest BCUT2D eigenvalue weighted by Gasteiger charge is 2.33. The Bertz CT molecular complexity index is 1250. The second-order valence-electron chi connectivity index (χ2n) is 7.11. The quantitative estimate of drug-likeness (QED) is 0.535. The summed E-state index contributed by atoms with van der Waals surface area (Å²) < 4.78 is 31.1. The van der Waals surface area contributed by atoms with Gasteiger partial charge in [-0.15, -0.1) is 0 Å². The average Bonchev–Trinajstić information content (AvgIpc) is 3.41. The first-order chi connectivity index (χ1) is 14.0. The lowest BCUT2D eigenvalue weighted by Gasteiger charge is -2.16. The summed E-state index contributed by atoms with van der Waals surface area (Å²) in [5.41, 5.74) is 3.00. The fourth-order valence-corrected chi connectivity index (χ4v) is 3.88. The highest BCUT2D eigenvalue weighted by molar-refractivity contribution is 5.85. The molecular formula is C21H17F2N5O. The lowest BCUT2D eigenvalue weighted by molar-refractivity contribution is -0.129. The third-order valence-corrected chi connectivity index (χ3v) is 5.38. The number of hydrogen-bond acceptors (Lipinski definition) is 3. The number of fused-ring (bicyclic) bond motifs is 1. The van der Waals surface area contributed by atoms with E-state index in [4.69, 9.17) is 0 Å². The minimum atomic E-state index is -0.946. The Kier molecular flexibility index (Phi) is 3.94. The summed E-state index contributed by atoms with van der Waals surface area (Å²) in [6.45, 7) is 0.648. The molecule has 4 aromatic rings. The summed E-state index contributed by atoms with van der Waals surface area (Å²) in [6, 6.07) is 8.92. The Morgan fingerprint density at radius 1 is 1.10 bits per heavy atom. The predicted octanol–water partition coefficient (Wildman–Crippen LogP) is 3.55. The molecule has 1 aliphatic rings. The van der Waals surface area contributed by atoms with Gasteiger partial charge < -0.3 is 9.47 Å². The van der Waals surface area contributed by atoms with Crippen molar-refractivity contribution >= 4 is 11.6 Å². The number of hydrogen-bond donors (Lipinski definition) is 0. The average molecular weight is 393 g/mol. The van der Waals surface area contributed by atoms with Crippen LogP contribution in [0.4, 0.5) is 8.78 Å². The summed E-state index contributed by atoms with van der Waals surface area (Å²) in [7, 11) is 1.77. The highest BCUT2D eigenvalue weighted by Crippen LogP contribution is 2.36. The molecule has 0 saturated carbocycles. The third-order valence-electron chi connectivity index (χ3n) is 5.38. The van der Waals surface area contributed by atoms with E-state index in [1.54, 1.807) is 24.5 Å². The molecule has 8 heteroatoms. The number of halogens is 2. The van der Waals surface area contributed by atoms with Crippen molar-refractivity contribution in [2.24, 2.45) is 0 Å². The number of pyridine rings is 1. The SMILES string of the molecule is CN1CCC(n2cnc(-c3ccc(F)c(F)c3)c2-c2cnc3ccccn23)C1=O. The van der Waals surface area contributed by atoms with E-state index in [0.29, 0.717) is 29.9 Å². The van der Waals surface area contributed by atoms with E-state index in [2.05, 4.69) is 9.97 Å². The van der Waals surface area contributed by atoms with E-state index in [0.717, 1.165) is 23.5 Å². The molecule has 0 spiro atoms. The zero-order chi connectivity index (χ0) is 20.1. The number of likely N-dealkylation sites (tertiary alicyclic amines) is 1. The molecule has 146 valence electrons. The van der Waals surface area contributed by atoms with Crippen molar-refractivity contribution in [3.05, 3.63) is 66.8 Å². The normalized spacial score (nSPS) is 16.9. The molecule has 1 unspecified atom stereocenters. The summed E-state index contributed by atoms with van der Waals surface area (Å²) in [5, 5.41) is 0. The van der Waals surface area contributed by atoms with E-state index in [9.17, 15) is 13.6 Å². The van der Waals surface area contributed by atoms with Crippen molar-refractivity contribution in [3.8, 4) is 22.6 Å². The zero-order valence-electron chi connectivity index (χ0n) is 15.6. The van der Waals surface area contributed by atoms with Gasteiger partial charge in [0.25, 0.3) is 0 Å². The lowest BCUT2D eigenvalue weighted by Crippen LogP contribution is -2.24. The van der Waals surface area contributed by atoms with Crippen LogP contribution in [0.3, 0.4) is 0 Å². The number of aromatic nitrogens is 4. The first-order valence-corrected chi connectivity index (χ1v) is 9.24. The van der Waals surface area contributed by atoms with Crippen molar-refractivity contribution in [2.75, 3.05) is 13.6 Å².